The summed E-state index contributed by atoms with van der Waals surface area (Å²) in [6.45, 7) is 5.74. The molecule has 2 aromatic rings. The van der Waals surface area contributed by atoms with Gasteiger partial charge in [-0.1, -0.05) is 54.1 Å². The van der Waals surface area contributed by atoms with Crippen LogP contribution in [-0.4, -0.2) is 5.78 Å². The van der Waals surface area contributed by atoms with Gasteiger partial charge >= 0.3 is 0 Å². The third kappa shape index (κ3) is 3.19. The van der Waals surface area contributed by atoms with E-state index in [2.05, 4.69) is 32.0 Å². The van der Waals surface area contributed by atoms with Crippen molar-refractivity contribution in [2.24, 2.45) is 0 Å². The first-order valence-corrected chi connectivity index (χ1v) is 6.43. The number of hydrogen-bond acceptors (Lipinski definition) is 1. The fourth-order valence-electron chi connectivity index (χ4n) is 2.16. The van der Waals surface area contributed by atoms with Gasteiger partial charge in [-0.2, -0.15) is 0 Å². The van der Waals surface area contributed by atoms with Crippen LogP contribution in [0.1, 0.15) is 29.2 Å². The maximum absolute atomic E-state index is 11.5. The summed E-state index contributed by atoms with van der Waals surface area (Å²) in [5, 5.41) is 0. The maximum Gasteiger partial charge on any atom is 0.153 e. The molecule has 0 spiro atoms. The molecule has 0 fully saturated rings. The van der Waals surface area contributed by atoms with E-state index < -0.39 is 0 Å². The Morgan fingerprint density at radius 2 is 1.68 bits per heavy atom. The lowest BCUT2D eigenvalue weighted by Crippen LogP contribution is -1.95. The van der Waals surface area contributed by atoms with E-state index >= 15 is 0 Å². The Balaban J connectivity index is 2.63. The molecule has 0 radical (unpaired) electrons. The van der Waals surface area contributed by atoms with Crippen LogP contribution in [0.15, 0.2) is 54.6 Å². The highest BCUT2D eigenvalue weighted by Crippen LogP contribution is 2.27. The minimum absolute atomic E-state index is 0.0692. The molecule has 0 amide bonds. The average Bonchev–Trinajstić information content (AvgIpc) is 2.40. The summed E-state index contributed by atoms with van der Waals surface area (Å²) < 4.78 is 0. The summed E-state index contributed by atoms with van der Waals surface area (Å²) in [5.74, 6) is 0.0692. The molecule has 0 atom stereocenters. The van der Waals surface area contributed by atoms with Gasteiger partial charge in [0.05, 0.1) is 0 Å². The third-order valence-electron chi connectivity index (χ3n) is 3.12. The van der Waals surface area contributed by atoms with E-state index in [9.17, 15) is 4.79 Å². The van der Waals surface area contributed by atoms with Gasteiger partial charge in [-0.25, -0.2) is 0 Å². The zero-order valence-corrected chi connectivity index (χ0v) is 11.6. The van der Waals surface area contributed by atoms with Crippen molar-refractivity contribution in [2.45, 2.75) is 20.8 Å². The van der Waals surface area contributed by atoms with Crippen LogP contribution in [0, 0.1) is 13.8 Å². The largest absolute Gasteiger partial charge is 0.295 e. The van der Waals surface area contributed by atoms with Crippen LogP contribution in [0.2, 0.25) is 0 Å². The van der Waals surface area contributed by atoms with Crippen LogP contribution >= 0.6 is 0 Å². The molecule has 0 aliphatic rings. The standard InChI is InChI=1S/C18H18O/c1-13-9-10-14(2)17(11-13)18(12-15(3)19)16-7-5-4-6-8-16/h4-12H,1-3H3. The molecule has 1 nitrogen and oxygen atoms in total. The van der Waals surface area contributed by atoms with Crippen molar-refractivity contribution < 1.29 is 4.79 Å². The molecule has 0 aliphatic carbocycles. The Labute approximate surface area is 114 Å². The van der Waals surface area contributed by atoms with Crippen LogP contribution in [-0.2, 0) is 4.79 Å². The van der Waals surface area contributed by atoms with E-state index in [0.717, 1.165) is 16.7 Å². The average molecular weight is 250 g/mol. The van der Waals surface area contributed by atoms with E-state index in [1.807, 2.05) is 30.3 Å². The fraction of sp³-hybridized carbons (Fsp3) is 0.167. The SMILES string of the molecule is CC(=O)C=C(c1ccccc1)c1cc(C)ccc1C. The van der Waals surface area contributed by atoms with E-state index in [0.29, 0.717) is 0 Å². The molecule has 0 aliphatic heterocycles. The molecule has 0 N–H and O–H groups in total. The highest BCUT2D eigenvalue weighted by Gasteiger charge is 2.09. The number of hydrogen-bond donors (Lipinski definition) is 0. The Hall–Kier alpha value is -2.15. The number of carbonyl (C=O) groups excluding carboxylic acids is 1. The first-order chi connectivity index (χ1) is 9.08. The zero-order valence-electron chi connectivity index (χ0n) is 11.6. The summed E-state index contributed by atoms with van der Waals surface area (Å²) in [4.78, 5) is 11.5. The molecule has 2 aromatic carbocycles. The van der Waals surface area contributed by atoms with Crippen LogP contribution in [0.25, 0.3) is 5.57 Å². The van der Waals surface area contributed by atoms with Crippen molar-refractivity contribution in [3.63, 3.8) is 0 Å². The number of benzene rings is 2. The van der Waals surface area contributed by atoms with Gasteiger partial charge < -0.3 is 0 Å². The van der Waals surface area contributed by atoms with Gasteiger partial charge in [-0.15, -0.1) is 0 Å². The van der Waals surface area contributed by atoms with Gasteiger partial charge in [0, 0.05) is 0 Å². The van der Waals surface area contributed by atoms with Crippen molar-refractivity contribution in [1.29, 1.82) is 0 Å². The van der Waals surface area contributed by atoms with Crippen molar-refractivity contribution in [3.05, 3.63) is 76.9 Å². The Morgan fingerprint density at radius 1 is 1.00 bits per heavy atom. The summed E-state index contributed by atoms with van der Waals surface area (Å²) in [5.41, 5.74) is 5.58. The summed E-state index contributed by atoms with van der Waals surface area (Å²) in [7, 11) is 0. The minimum atomic E-state index is 0.0692. The first kappa shape index (κ1) is 13.3. The number of allylic oxidation sites excluding steroid dienone is 1. The third-order valence-corrected chi connectivity index (χ3v) is 3.12. The second-order valence-corrected chi connectivity index (χ2v) is 4.85. The van der Waals surface area contributed by atoms with Crippen LogP contribution < -0.4 is 0 Å². The molecule has 2 rings (SSSR count). The molecule has 19 heavy (non-hydrogen) atoms. The lowest BCUT2D eigenvalue weighted by atomic mass is 9.92. The molecule has 0 saturated heterocycles. The molecule has 0 unspecified atom stereocenters. The van der Waals surface area contributed by atoms with Crippen LogP contribution in [0.5, 0.6) is 0 Å². The predicted molar refractivity (Wildman–Crippen MR) is 80.1 cm³/mol. The van der Waals surface area contributed by atoms with Gasteiger partial charge in [-0.05, 0) is 49.1 Å². The van der Waals surface area contributed by atoms with Crippen molar-refractivity contribution in [2.75, 3.05) is 0 Å². The Bertz CT molecular complexity index is 621. The van der Waals surface area contributed by atoms with E-state index in [4.69, 9.17) is 0 Å². The number of carbonyl (C=O) groups is 1. The molecular formula is C18H18O. The lowest BCUT2D eigenvalue weighted by molar-refractivity contribution is -0.112. The fourth-order valence-corrected chi connectivity index (χ4v) is 2.16. The predicted octanol–water partition coefficient (Wildman–Crippen LogP) is 4.32. The van der Waals surface area contributed by atoms with E-state index in [1.54, 1.807) is 13.0 Å². The molecule has 0 aromatic heterocycles. The highest BCUT2D eigenvalue weighted by molar-refractivity contribution is 5.99. The molecule has 0 bridgehead atoms. The van der Waals surface area contributed by atoms with E-state index in [1.165, 1.54) is 11.1 Å². The highest BCUT2D eigenvalue weighted by atomic mass is 16.1. The molecule has 1 heteroatoms. The van der Waals surface area contributed by atoms with Crippen molar-refractivity contribution >= 4 is 11.4 Å². The summed E-state index contributed by atoms with van der Waals surface area (Å²) in [6.07, 6.45) is 1.72. The molecule has 0 saturated carbocycles. The smallest absolute Gasteiger partial charge is 0.153 e. The molecule has 96 valence electrons. The quantitative estimate of drug-likeness (QED) is 0.741. The topological polar surface area (TPSA) is 17.1 Å². The van der Waals surface area contributed by atoms with Gasteiger partial charge in [0.1, 0.15) is 0 Å². The zero-order chi connectivity index (χ0) is 13.8. The number of rotatable bonds is 3. The number of aryl methyl sites for hydroxylation is 2. The minimum Gasteiger partial charge on any atom is -0.295 e. The molecule has 0 heterocycles. The lowest BCUT2D eigenvalue weighted by Gasteiger charge is -2.12. The van der Waals surface area contributed by atoms with Gasteiger partial charge in [-0.3, -0.25) is 4.79 Å². The Morgan fingerprint density at radius 3 is 2.32 bits per heavy atom. The maximum atomic E-state index is 11.5. The van der Waals surface area contributed by atoms with E-state index in [-0.39, 0.29) is 5.78 Å². The van der Waals surface area contributed by atoms with Gasteiger partial charge in [0.2, 0.25) is 0 Å². The van der Waals surface area contributed by atoms with Crippen LogP contribution in [0.3, 0.4) is 0 Å². The van der Waals surface area contributed by atoms with Crippen LogP contribution in [0.4, 0.5) is 0 Å². The van der Waals surface area contributed by atoms with Gasteiger partial charge in [0.15, 0.2) is 5.78 Å². The summed E-state index contributed by atoms with van der Waals surface area (Å²) >= 11 is 0. The monoisotopic (exact) mass is 250 g/mol. The van der Waals surface area contributed by atoms with Gasteiger partial charge in [0.25, 0.3) is 0 Å². The molecular weight excluding hydrogens is 232 g/mol. The second kappa shape index (κ2) is 5.66. The number of ketones is 1. The summed E-state index contributed by atoms with van der Waals surface area (Å²) in [6, 6.07) is 16.4. The normalized spacial score (nSPS) is 11.4. The first-order valence-electron chi connectivity index (χ1n) is 6.43. The second-order valence-electron chi connectivity index (χ2n) is 4.85. The Kier molecular flexibility index (Phi) is 3.96. The van der Waals surface area contributed by atoms with Crippen molar-refractivity contribution in [1.82, 2.24) is 0 Å². The van der Waals surface area contributed by atoms with Crippen molar-refractivity contribution in [3.8, 4) is 0 Å².